The molecule has 98 valence electrons. The Hall–Kier alpha value is -2.32. The van der Waals surface area contributed by atoms with Crippen LogP contribution < -0.4 is 5.32 Å². The first kappa shape index (κ1) is 13.7. The summed E-state index contributed by atoms with van der Waals surface area (Å²) in [5.74, 6) is 0. The van der Waals surface area contributed by atoms with Gasteiger partial charge in [-0.25, -0.2) is 4.79 Å². The van der Waals surface area contributed by atoms with Gasteiger partial charge in [-0.05, 0) is 18.6 Å². The molecule has 0 atom stereocenters. The lowest BCUT2D eigenvalue weighted by Crippen LogP contribution is -2.13. The number of halogens is 3. The molecular weight excluding hydrogens is 257 g/mol. The van der Waals surface area contributed by atoms with Crippen LogP contribution in [0.3, 0.4) is 0 Å². The van der Waals surface area contributed by atoms with E-state index in [-0.39, 0.29) is 5.56 Å². The lowest BCUT2D eigenvalue weighted by molar-refractivity contribution is -0.384. The van der Waals surface area contributed by atoms with E-state index in [4.69, 9.17) is 5.11 Å². The zero-order valence-corrected chi connectivity index (χ0v) is 8.91. The van der Waals surface area contributed by atoms with E-state index < -0.39 is 34.1 Å². The van der Waals surface area contributed by atoms with Crippen LogP contribution >= 0.6 is 0 Å². The van der Waals surface area contributed by atoms with Gasteiger partial charge in [-0.2, -0.15) is 13.2 Å². The number of aryl methyl sites for hydroxylation is 1. The van der Waals surface area contributed by atoms with Gasteiger partial charge < -0.3 is 5.11 Å². The summed E-state index contributed by atoms with van der Waals surface area (Å²) in [7, 11) is 0. The zero-order chi connectivity index (χ0) is 14.1. The van der Waals surface area contributed by atoms with Gasteiger partial charge in [-0.3, -0.25) is 15.4 Å². The lowest BCUT2D eigenvalue weighted by atomic mass is 10.1. The minimum absolute atomic E-state index is 0.306. The SMILES string of the molecule is Cc1cc(NC(=O)O)c([N+](=O)[O-])cc1C(F)(F)F. The van der Waals surface area contributed by atoms with Crippen molar-refractivity contribution in [1.82, 2.24) is 0 Å². The average Bonchev–Trinajstić information content (AvgIpc) is 2.13. The fraction of sp³-hybridized carbons (Fsp3) is 0.222. The van der Waals surface area contributed by atoms with Crippen LogP contribution in [0.2, 0.25) is 0 Å². The highest BCUT2D eigenvalue weighted by Gasteiger charge is 2.35. The summed E-state index contributed by atoms with van der Waals surface area (Å²) in [5, 5.41) is 20.7. The van der Waals surface area contributed by atoms with Crippen molar-refractivity contribution in [2.75, 3.05) is 5.32 Å². The highest BCUT2D eigenvalue weighted by atomic mass is 19.4. The highest BCUT2D eigenvalue weighted by molar-refractivity contribution is 5.86. The van der Waals surface area contributed by atoms with Gasteiger partial charge in [0.25, 0.3) is 5.69 Å². The lowest BCUT2D eigenvalue weighted by Gasteiger charge is -2.12. The van der Waals surface area contributed by atoms with Crippen LogP contribution in [0.5, 0.6) is 0 Å². The molecule has 0 heterocycles. The third kappa shape index (κ3) is 2.87. The molecule has 9 heteroatoms. The van der Waals surface area contributed by atoms with Gasteiger partial charge in [0.2, 0.25) is 0 Å². The smallest absolute Gasteiger partial charge is 0.416 e. The van der Waals surface area contributed by atoms with Crippen LogP contribution in [-0.2, 0) is 6.18 Å². The van der Waals surface area contributed by atoms with Crippen LogP contribution in [0.25, 0.3) is 0 Å². The number of nitrogens with zero attached hydrogens (tertiary/aromatic N) is 1. The number of amides is 1. The van der Waals surface area contributed by atoms with Crippen molar-refractivity contribution >= 4 is 17.5 Å². The van der Waals surface area contributed by atoms with Crippen molar-refractivity contribution < 1.29 is 28.0 Å². The molecule has 1 amide bonds. The molecule has 0 unspecified atom stereocenters. The van der Waals surface area contributed by atoms with Gasteiger partial charge in [0, 0.05) is 6.07 Å². The summed E-state index contributed by atoms with van der Waals surface area (Å²) in [6.45, 7) is 1.08. The van der Waals surface area contributed by atoms with Crippen LogP contribution in [-0.4, -0.2) is 16.1 Å². The van der Waals surface area contributed by atoms with Crippen LogP contribution in [0, 0.1) is 17.0 Å². The molecule has 6 nitrogen and oxygen atoms in total. The monoisotopic (exact) mass is 264 g/mol. The quantitative estimate of drug-likeness (QED) is 0.634. The Balaban J connectivity index is 3.44. The van der Waals surface area contributed by atoms with E-state index in [0.29, 0.717) is 6.07 Å². The number of alkyl halides is 3. The van der Waals surface area contributed by atoms with Crippen molar-refractivity contribution in [3.63, 3.8) is 0 Å². The van der Waals surface area contributed by atoms with Crippen molar-refractivity contribution in [1.29, 1.82) is 0 Å². The summed E-state index contributed by atoms with van der Waals surface area (Å²) in [6, 6.07) is 1.08. The van der Waals surface area contributed by atoms with Gasteiger partial charge in [-0.1, -0.05) is 0 Å². The fourth-order valence-corrected chi connectivity index (χ4v) is 1.37. The second kappa shape index (κ2) is 4.51. The Labute approximate surface area is 98.2 Å². The molecule has 0 aliphatic rings. The molecule has 0 spiro atoms. The van der Waals surface area contributed by atoms with Crippen LogP contribution in [0.15, 0.2) is 12.1 Å². The van der Waals surface area contributed by atoms with Gasteiger partial charge in [-0.15, -0.1) is 0 Å². The van der Waals surface area contributed by atoms with Crippen LogP contribution in [0.4, 0.5) is 29.3 Å². The second-order valence-electron chi connectivity index (χ2n) is 3.37. The maximum absolute atomic E-state index is 12.5. The standard InChI is InChI=1S/C9H7F3N2O4/c1-4-2-6(13-8(15)16)7(14(17)18)3-5(4)9(10,11)12/h2-3,13H,1H3,(H,15,16). The van der Waals surface area contributed by atoms with E-state index in [1.54, 1.807) is 5.32 Å². The molecule has 2 N–H and O–H groups in total. The second-order valence-corrected chi connectivity index (χ2v) is 3.37. The normalized spacial score (nSPS) is 11.1. The summed E-state index contributed by atoms with van der Waals surface area (Å²) in [5.41, 5.74) is -2.93. The molecule has 1 rings (SSSR count). The Morgan fingerprint density at radius 2 is 2.00 bits per heavy atom. The molecule has 18 heavy (non-hydrogen) atoms. The van der Waals surface area contributed by atoms with Gasteiger partial charge in [0.05, 0.1) is 10.5 Å². The first-order chi connectivity index (χ1) is 8.12. The maximum atomic E-state index is 12.5. The number of hydrogen-bond donors (Lipinski definition) is 2. The molecule has 0 aromatic heterocycles. The third-order valence-corrected chi connectivity index (χ3v) is 2.09. The van der Waals surface area contributed by atoms with E-state index >= 15 is 0 Å². The molecule has 0 saturated heterocycles. The predicted molar refractivity (Wildman–Crippen MR) is 54.5 cm³/mol. The number of nitro benzene ring substituents is 1. The Kier molecular flexibility index (Phi) is 3.44. The number of carbonyl (C=O) groups is 1. The largest absolute Gasteiger partial charge is 0.465 e. The van der Waals surface area contributed by atoms with Crippen molar-refractivity contribution in [2.24, 2.45) is 0 Å². The number of nitrogens with one attached hydrogen (secondary N) is 1. The number of anilines is 1. The van der Waals surface area contributed by atoms with Crippen molar-refractivity contribution in [2.45, 2.75) is 13.1 Å². The topological polar surface area (TPSA) is 92.5 Å². The number of rotatable bonds is 2. The zero-order valence-electron chi connectivity index (χ0n) is 8.91. The number of hydrogen-bond acceptors (Lipinski definition) is 3. The summed E-state index contributed by atoms with van der Waals surface area (Å²) in [6.07, 6.45) is -6.34. The third-order valence-electron chi connectivity index (χ3n) is 2.09. The molecule has 0 aliphatic heterocycles. The number of nitro groups is 1. The van der Waals surface area contributed by atoms with Gasteiger partial charge in [0.15, 0.2) is 0 Å². The molecule has 0 aliphatic carbocycles. The highest BCUT2D eigenvalue weighted by Crippen LogP contribution is 2.37. The maximum Gasteiger partial charge on any atom is 0.416 e. The Morgan fingerprint density at radius 3 is 2.39 bits per heavy atom. The first-order valence-corrected chi connectivity index (χ1v) is 4.49. The summed E-state index contributed by atoms with van der Waals surface area (Å²) < 4.78 is 37.6. The number of benzene rings is 1. The minimum Gasteiger partial charge on any atom is -0.465 e. The molecule has 0 radical (unpaired) electrons. The van der Waals surface area contributed by atoms with E-state index in [1.807, 2.05) is 0 Å². The van der Waals surface area contributed by atoms with Crippen LogP contribution in [0.1, 0.15) is 11.1 Å². The molecule has 0 saturated carbocycles. The van der Waals surface area contributed by atoms with E-state index in [1.165, 1.54) is 0 Å². The van der Waals surface area contributed by atoms with E-state index in [2.05, 4.69) is 0 Å². The molecular formula is C9H7F3N2O4. The summed E-state index contributed by atoms with van der Waals surface area (Å²) in [4.78, 5) is 19.9. The van der Waals surface area contributed by atoms with Crippen molar-refractivity contribution in [3.8, 4) is 0 Å². The van der Waals surface area contributed by atoms with E-state index in [9.17, 15) is 28.1 Å². The Bertz CT molecular complexity index is 513. The molecule has 1 aromatic carbocycles. The average molecular weight is 264 g/mol. The Morgan fingerprint density at radius 1 is 1.44 bits per heavy atom. The van der Waals surface area contributed by atoms with Gasteiger partial charge in [0.1, 0.15) is 5.69 Å². The molecule has 0 bridgehead atoms. The summed E-state index contributed by atoms with van der Waals surface area (Å²) >= 11 is 0. The predicted octanol–water partition coefficient (Wildman–Crippen LogP) is 3.01. The van der Waals surface area contributed by atoms with E-state index in [0.717, 1.165) is 13.0 Å². The number of carboxylic acid groups (broad SMARTS) is 1. The first-order valence-electron chi connectivity index (χ1n) is 4.49. The molecule has 1 aromatic rings. The molecule has 0 fully saturated rings. The van der Waals surface area contributed by atoms with Crippen molar-refractivity contribution in [3.05, 3.63) is 33.4 Å². The van der Waals surface area contributed by atoms with Gasteiger partial charge >= 0.3 is 12.3 Å². The fourth-order valence-electron chi connectivity index (χ4n) is 1.37. The minimum atomic E-state index is -4.74.